The molecule has 1 amide bonds. The van der Waals surface area contributed by atoms with E-state index in [1.807, 2.05) is 13.8 Å². The molecule has 1 aromatic carbocycles. The number of carbonyl (C=O) groups excluding carboxylic acids is 1. The van der Waals surface area contributed by atoms with Crippen LogP contribution in [0.3, 0.4) is 0 Å². The summed E-state index contributed by atoms with van der Waals surface area (Å²) in [6.45, 7) is 3.81. The fourth-order valence-corrected chi connectivity index (χ4v) is 4.48. The average Bonchev–Trinajstić information content (AvgIpc) is 3.26. The van der Waals surface area contributed by atoms with E-state index in [2.05, 4.69) is 10.4 Å². The molecule has 0 spiro atoms. The lowest BCUT2D eigenvalue weighted by Gasteiger charge is -2.10. The first-order valence-electron chi connectivity index (χ1n) is 8.57. The topological polar surface area (TPSA) is 94.6 Å². The first-order valence-corrected chi connectivity index (χ1v) is 9.80. The highest BCUT2D eigenvalue weighted by atomic mass is 32.1. The third-order valence-corrected chi connectivity index (χ3v) is 5.70. The molecule has 0 saturated carbocycles. The number of H-pyrrole nitrogens is 1. The second-order valence-corrected chi connectivity index (χ2v) is 7.72. The maximum absolute atomic E-state index is 12.9. The second-order valence-electron chi connectivity index (χ2n) is 6.10. The number of nitrogens with one attached hydrogen (secondary N) is 2. The van der Waals surface area contributed by atoms with Gasteiger partial charge in [-0.2, -0.15) is 4.68 Å². The van der Waals surface area contributed by atoms with Crippen molar-refractivity contribution < 1.29 is 19.0 Å². The fourth-order valence-electron chi connectivity index (χ4n) is 3.05. The molecule has 0 atom stereocenters. The van der Waals surface area contributed by atoms with Crippen LogP contribution < -0.4 is 25.2 Å². The quantitative estimate of drug-likeness (QED) is 0.618. The minimum atomic E-state index is -0.511. The highest BCUT2D eigenvalue weighted by Crippen LogP contribution is 2.35. The molecule has 0 bridgehead atoms. The molecule has 2 aromatic heterocycles. The Balaban J connectivity index is 1.53. The molecule has 146 valence electrons. The van der Waals surface area contributed by atoms with Gasteiger partial charge in [-0.15, -0.1) is 11.3 Å². The van der Waals surface area contributed by atoms with E-state index >= 15 is 0 Å². The molecule has 0 aliphatic carbocycles. The first-order chi connectivity index (χ1) is 13.5. The number of nitrogens with zero attached hydrogens (tertiary/aromatic N) is 1. The Hall–Kier alpha value is -2.85. The zero-order valence-electron chi connectivity index (χ0n) is 15.2. The summed E-state index contributed by atoms with van der Waals surface area (Å²) in [6, 6.07) is 5.02. The summed E-state index contributed by atoms with van der Waals surface area (Å²) in [4.78, 5) is 30.0. The van der Waals surface area contributed by atoms with Crippen molar-refractivity contribution in [3.8, 4) is 17.2 Å². The van der Waals surface area contributed by atoms with Crippen LogP contribution in [0.5, 0.6) is 17.2 Å². The highest BCUT2D eigenvalue weighted by Gasteiger charge is 2.17. The molecule has 2 N–H and O–H groups in total. The predicted molar refractivity (Wildman–Crippen MR) is 108 cm³/mol. The number of hydrogen-bond donors (Lipinski definition) is 2. The number of carbonyl (C=O) groups is 1. The molecule has 0 saturated heterocycles. The van der Waals surface area contributed by atoms with E-state index in [1.54, 1.807) is 18.2 Å². The molecule has 0 unspecified atom stereocenters. The first kappa shape index (κ1) is 18.5. The fraction of sp³-hybridized carbons (Fsp3) is 0.278. The molecular weight excluding hydrogens is 402 g/mol. The van der Waals surface area contributed by atoms with Crippen molar-refractivity contribution >= 4 is 39.7 Å². The van der Waals surface area contributed by atoms with Crippen molar-refractivity contribution in [2.75, 3.05) is 18.8 Å². The van der Waals surface area contributed by atoms with E-state index in [0.717, 1.165) is 15.1 Å². The Morgan fingerprint density at radius 1 is 1.39 bits per heavy atom. The molecule has 4 rings (SSSR count). The van der Waals surface area contributed by atoms with Gasteiger partial charge in [-0.1, -0.05) is 6.92 Å². The summed E-state index contributed by atoms with van der Waals surface area (Å²) in [6.07, 6.45) is 0.715. The average molecular weight is 419 g/mol. The molecule has 1 aliphatic heterocycles. The van der Waals surface area contributed by atoms with Crippen LogP contribution in [-0.2, 0) is 11.2 Å². The van der Waals surface area contributed by atoms with Gasteiger partial charge in [0, 0.05) is 10.9 Å². The van der Waals surface area contributed by atoms with Gasteiger partial charge in [-0.25, -0.2) is 0 Å². The van der Waals surface area contributed by atoms with E-state index in [0.29, 0.717) is 33.9 Å². The SMILES string of the molecule is CCc1c(C)sc2[nH]c(=S)n(NC(=O)COc3ccc4c(c3)OCO4)c(=O)c12. The zero-order chi connectivity index (χ0) is 19.8. The molecular formula is C18H17N3O5S2. The second kappa shape index (κ2) is 7.28. The number of aryl methyl sites for hydroxylation is 2. The normalized spacial score (nSPS) is 12.4. The third-order valence-electron chi connectivity index (χ3n) is 4.35. The Morgan fingerprint density at radius 3 is 2.96 bits per heavy atom. The molecule has 0 radical (unpaired) electrons. The number of aromatic amines is 1. The molecule has 28 heavy (non-hydrogen) atoms. The van der Waals surface area contributed by atoms with Crippen molar-refractivity contribution in [2.45, 2.75) is 20.3 Å². The molecule has 1 aliphatic rings. The van der Waals surface area contributed by atoms with Crippen LogP contribution in [0.2, 0.25) is 0 Å². The number of rotatable bonds is 5. The van der Waals surface area contributed by atoms with E-state index in [1.165, 1.54) is 11.3 Å². The third kappa shape index (κ3) is 3.25. The summed E-state index contributed by atoms with van der Waals surface area (Å²) in [5.74, 6) is 1.13. The van der Waals surface area contributed by atoms with Crippen molar-refractivity contribution in [3.05, 3.63) is 43.8 Å². The minimum Gasteiger partial charge on any atom is -0.484 e. The molecule has 3 aromatic rings. The Morgan fingerprint density at radius 2 is 2.18 bits per heavy atom. The number of ether oxygens (including phenoxy) is 3. The van der Waals surface area contributed by atoms with E-state index < -0.39 is 5.91 Å². The maximum Gasteiger partial charge on any atom is 0.282 e. The molecule has 10 heteroatoms. The van der Waals surface area contributed by atoms with E-state index in [9.17, 15) is 9.59 Å². The Bertz CT molecular complexity index is 1190. The lowest BCUT2D eigenvalue weighted by atomic mass is 10.1. The van der Waals surface area contributed by atoms with Crippen molar-refractivity contribution in [1.82, 2.24) is 9.66 Å². The number of hydrogen-bond acceptors (Lipinski definition) is 7. The molecule has 8 nitrogen and oxygen atoms in total. The number of aromatic nitrogens is 2. The minimum absolute atomic E-state index is 0.123. The van der Waals surface area contributed by atoms with Gasteiger partial charge >= 0.3 is 0 Å². The van der Waals surface area contributed by atoms with Gasteiger partial charge in [0.05, 0.1) is 5.39 Å². The lowest BCUT2D eigenvalue weighted by molar-refractivity contribution is -0.119. The van der Waals surface area contributed by atoms with Crippen LogP contribution in [0.4, 0.5) is 0 Å². The largest absolute Gasteiger partial charge is 0.484 e. The number of fused-ring (bicyclic) bond motifs is 2. The van der Waals surface area contributed by atoms with Crippen molar-refractivity contribution in [2.24, 2.45) is 0 Å². The smallest absolute Gasteiger partial charge is 0.282 e. The van der Waals surface area contributed by atoms with Gasteiger partial charge in [0.1, 0.15) is 10.6 Å². The predicted octanol–water partition coefficient (Wildman–Crippen LogP) is 2.87. The molecule has 0 fully saturated rings. The van der Waals surface area contributed by atoms with Gasteiger partial charge in [0.15, 0.2) is 18.1 Å². The van der Waals surface area contributed by atoms with Gasteiger partial charge in [-0.05, 0) is 43.3 Å². The number of amides is 1. The van der Waals surface area contributed by atoms with Crippen molar-refractivity contribution in [3.63, 3.8) is 0 Å². The van der Waals surface area contributed by atoms with Crippen LogP contribution in [-0.4, -0.2) is 29.0 Å². The van der Waals surface area contributed by atoms with Gasteiger partial charge in [0.25, 0.3) is 11.5 Å². The summed E-state index contributed by atoms with van der Waals surface area (Å²) >= 11 is 6.72. The summed E-state index contributed by atoms with van der Waals surface area (Å²) < 4.78 is 17.2. The molecule has 3 heterocycles. The van der Waals surface area contributed by atoms with Crippen LogP contribution in [0.1, 0.15) is 17.4 Å². The van der Waals surface area contributed by atoms with Crippen LogP contribution >= 0.6 is 23.6 Å². The number of thiophene rings is 1. The van der Waals surface area contributed by atoms with Gasteiger partial charge in [-0.3, -0.25) is 15.0 Å². The van der Waals surface area contributed by atoms with Crippen LogP contribution in [0.15, 0.2) is 23.0 Å². The monoisotopic (exact) mass is 419 g/mol. The number of benzene rings is 1. The van der Waals surface area contributed by atoms with E-state index in [4.69, 9.17) is 26.4 Å². The summed E-state index contributed by atoms with van der Waals surface area (Å²) in [5.41, 5.74) is 3.11. The highest BCUT2D eigenvalue weighted by molar-refractivity contribution is 7.71. The van der Waals surface area contributed by atoms with Crippen LogP contribution in [0, 0.1) is 11.7 Å². The standard InChI is InChI=1S/C18H17N3O5S2/c1-3-11-9(2)28-16-15(11)17(23)21(18(27)19-16)20-14(22)7-24-10-4-5-12-13(6-10)26-8-25-12/h4-6H,3,7-8H2,1-2H3,(H,19,27)(H,20,22). The Labute approximate surface area is 168 Å². The summed E-state index contributed by atoms with van der Waals surface area (Å²) in [5, 5.41) is 0.551. The van der Waals surface area contributed by atoms with E-state index in [-0.39, 0.29) is 23.7 Å². The van der Waals surface area contributed by atoms with Crippen molar-refractivity contribution in [1.29, 1.82) is 0 Å². The van der Waals surface area contributed by atoms with Gasteiger partial charge in [0.2, 0.25) is 11.6 Å². The zero-order valence-corrected chi connectivity index (χ0v) is 16.8. The van der Waals surface area contributed by atoms with Gasteiger partial charge < -0.3 is 19.2 Å². The lowest BCUT2D eigenvalue weighted by Crippen LogP contribution is -2.36. The van der Waals surface area contributed by atoms with Crippen LogP contribution in [0.25, 0.3) is 10.2 Å². The summed E-state index contributed by atoms with van der Waals surface area (Å²) in [7, 11) is 0. The Kier molecular flexibility index (Phi) is 4.82. The maximum atomic E-state index is 12.9.